The average molecular weight is 449 g/mol. The van der Waals surface area contributed by atoms with E-state index in [1.807, 2.05) is 30.3 Å². The molecular weight excluding hydrogens is 432 g/mol. The quantitative estimate of drug-likeness (QED) is 0.561. The summed E-state index contributed by atoms with van der Waals surface area (Å²) >= 11 is 4.79. The number of benzene rings is 2. The van der Waals surface area contributed by atoms with Crippen molar-refractivity contribution in [2.45, 2.75) is 13.0 Å². The lowest BCUT2D eigenvalue weighted by molar-refractivity contribution is -0.141. The van der Waals surface area contributed by atoms with Gasteiger partial charge in [0.2, 0.25) is 0 Å². The Labute approximate surface area is 168 Å². The van der Waals surface area contributed by atoms with Gasteiger partial charge < -0.3 is 14.0 Å². The zero-order valence-electron chi connectivity index (χ0n) is 14.8. The van der Waals surface area contributed by atoms with E-state index in [0.29, 0.717) is 4.80 Å². The molecular formula is C19H17BrN2O4S. The lowest BCUT2D eigenvalue weighted by Crippen LogP contribution is -2.22. The first-order valence-corrected chi connectivity index (χ1v) is 9.67. The van der Waals surface area contributed by atoms with E-state index >= 15 is 0 Å². The second-order valence-electron chi connectivity index (χ2n) is 5.69. The van der Waals surface area contributed by atoms with Crippen molar-refractivity contribution in [3.63, 3.8) is 0 Å². The molecule has 2 aromatic carbocycles. The largest absolute Gasteiger partial charge is 0.497 e. The van der Waals surface area contributed by atoms with Crippen molar-refractivity contribution in [2.75, 3.05) is 14.2 Å². The van der Waals surface area contributed by atoms with Crippen LogP contribution in [0.5, 0.6) is 5.75 Å². The molecule has 0 bridgehead atoms. The van der Waals surface area contributed by atoms with E-state index in [4.69, 9.17) is 9.47 Å². The summed E-state index contributed by atoms with van der Waals surface area (Å²) in [4.78, 5) is 29.0. The summed E-state index contributed by atoms with van der Waals surface area (Å²) in [6, 6.07) is 13.0. The number of ether oxygens (including phenoxy) is 2. The van der Waals surface area contributed by atoms with Crippen LogP contribution < -0.4 is 9.54 Å². The Bertz CT molecular complexity index is 1050. The molecule has 8 heteroatoms. The predicted molar refractivity (Wildman–Crippen MR) is 107 cm³/mol. The zero-order valence-corrected chi connectivity index (χ0v) is 17.2. The third-order valence-electron chi connectivity index (χ3n) is 3.89. The summed E-state index contributed by atoms with van der Waals surface area (Å²) in [5.41, 5.74) is 1.66. The molecule has 27 heavy (non-hydrogen) atoms. The highest BCUT2D eigenvalue weighted by Gasteiger charge is 2.12. The molecule has 0 spiro atoms. The summed E-state index contributed by atoms with van der Waals surface area (Å²) in [5.74, 6) is 0.0419. The van der Waals surface area contributed by atoms with Crippen LogP contribution >= 0.6 is 27.3 Å². The van der Waals surface area contributed by atoms with E-state index < -0.39 is 5.97 Å². The molecule has 140 valence electrons. The molecule has 0 aliphatic carbocycles. The van der Waals surface area contributed by atoms with Gasteiger partial charge in [-0.05, 0) is 35.9 Å². The number of hydrogen-bond donors (Lipinski definition) is 0. The maximum Gasteiger partial charge on any atom is 0.325 e. The monoisotopic (exact) mass is 448 g/mol. The van der Waals surface area contributed by atoms with Crippen molar-refractivity contribution in [2.24, 2.45) is 4.99 Å². The Morgan fingerprint density at radius 1 is 1.15 bits per heavy atom. The maximum atomic E-state index is 12.5. The topological polar surface area (TPSA) is 69.9 Å². The molecule has 0 aliphatic heterocycles. The molecule has 0 atom stereocenters. The first kappa shape index (κ1) is 19.3. The van der Waals surface area contributed by atoms with E-state index in [-0.39, 0.29) is 18.9 Å². The van der Waals surface area contributed by atoms with Gasteiger partial charge in [-0.25, -0.2) is 0 Å². The number of amides is 1. The predicted octanol–water partition coefficient (Wildman–Crippen LogP) is 3.32. The van der Waals surface area contributed by atoms with Crippen LogP contribution in [0.2, 0.25) is 0 Å². The van der Waals surface area contributed by atoms with Crippen LogP contribution in [0.1, 0.15) is 5.56 Å². The van der Waals surface area contributed by atoms with E-state index in [0.717, 1.165) is 26.0 Å². The number of carbonyl (C=O) groups excluding carboxylic acids is 2. The molecule has 6 nitrogen and oxygen atoms in total. The molecule has 0 saturated heterocycles. The molecule has 0 fully saturated rings. The van der Waals surface area contributed by atoms with Crippen molar-refractivity contribution in [3.05, 3.63) is 57.3 Å². The van der Waals surface area contributed by atoms with Crippen LogP contribution in [0.25, 0.3) is 10.2 Å². The van der Waals surface area contributed by atoms with Crippen molar-refractivity contribution < 1.29 is 19.1 Å². The minimum atomic E-state index is -0.401. The first-order valence-electron chi connectivity index (χ1n) is 8.06. The standard InChI is InChI=1S/C19H17BrN2O4S/c1-25-14-6-3-12(4-7-14)9-17(23)21-19-22(11-18(24)26-2)15-8-5-13(20)10-16(15)27-19/h3-8,10H,9,11H2,1-2H3. The molecule has 1 amide bonds. The molecule has 0 N–H and O–H groups in total. The molecule has 0 saturated carbocycles. The van der Waals surface area contributed by atoms with Crippen molar-refractivity contribution >= 4 is 49.4 Å². The second-order valence-corrected chi connectivity index (χ2v) is 7.61. The van der Waals surface area contributed by atoms with Gasteiger partial charge in [-0.2, -0.15) is 4.99 Å². The van der Waals surface area contributed by atoms with E-state index in [1.165, 1.54) is 18.4 Å². The van der Waals surface area contributed by atoms with Gasteiger partial charge in [-0.15, -0.1) is 0 Å². The highest BCUT2D eigenvalue weighted by atomic mass is 79.9. The Balaban J connectivity index is 1.96. The Hall–Kier alpha value is -2.45. The van der Waals surface area contributed by atoms with Crippen LogP contribution in [0.3, 0.4) is 0 Å². The molecule has 0 unspecified atom stereocenters. The smallest absolute Gasteiger partial charge is 0.325 e. The molecule has 1 aromatic heterocycles. The number of nitrogens with zero attached hydrogens (tertiary/aromatic N) is 2. The zero-order chi connectivity index (χ0) is 19.4. The highest BCUT2D eigenvalue weighted by molar-refractivity contribution is 9.10. The summed E-state index contributed by atoms with van der Waals surface area (Å²) in [6.07, 6.45) is 0.167. The van der Waals surface area contributed by atoms with Crippen LogP contribution in [-0.4, -0.2) is 30.7 Å². The maximum absolute atomic E-state index is 12.5. The molecule has 3 aromatic rings. The van der Waals surface area contributed by atoms with Crippen LogP contribution in [0, 0.1) is 0 Å². The molecule has 1 heterocycles. The van der Waals surface area contributed by atoms with E-state index in [2.05, 4.69) is 20.9 Å². The van der Waals surface area contributed by atoms with E-state index in [1.54, 1.807) is 23.8 Å². The van der Waals surface area contributed by atoms with Gasteiger partial charge in [-0.3, -0.25) is 9.59 Å². The summed E-state index contributed by atoms with van der Waals surface area (Å²) in [7, 11) is 2.93. The summed E-state index contributed by atoms with van der Waals surface area (Å²) in [6.45, 7) is -0.00716. The Morgan fingerprint density at radius 3 is 2.56 bits per heavy atom. The molecule has 0 aliphatic rings. The number of hydrogen-bond acceptors (Lipinski definition) is 5. The fourth-order valence-electron chi connectivity index (χ4n) is 2.54. The van der Waals surface area contributed by atoms with Gasteiger partial charge in [-0.1, -0.05) is 39.4 Å². The second kappa shape index (κ2) is 8.49. The third-order valence-corrected chi connectivity index (χ3v) is 5.43. The number of halogens is 1. The van der Waals surface area contributed by atoms with Gasteiger partial charge in [0.15, 0.2) is 4.80 Å². The number of esters is 1. The fourth-order valence-corrected chi connectivity index (χ4v) is 4.14. The molecule has 3 rings (SSSR count). The first-order chi connectivity index (χ1) is 13.0. The third kappa shape index (κ3) is 4.64. The fraction of sp³-hybridized carbons (Fsp3) is 0.211. The molecule has 0 radical (unpaired) electrons. The van der Waals surface area contributed by atoms with Crippen LogP contribution in [0.15, 0.2) is 51.9 Å². The highest BCUT2D eigenvalue weighted by Crippen LogP contribution is 2.22. The van der Waals surface area contributed by atoms with Gasteiger partial charge in [0.05, 0.1) is 30.9 Å². The number of rotatable bonds is 5. The number of carbonyl (C=O) groups is 2. The van der Waals surface area contributed by atoms with Gasteiger partial charge in [0, 0.05) is 4.47 Å². The average Bonchev–Trinajstić information content (AvgIpc) is 2.98. The van der Waals surface area contributed by atoms with Gasteiger partial charge in [0.25, 0.3) is 5.91 Å². The van der Waals surface area contributed by atoms with Crippen LogP contribution in [0.4, 0.5) is 0 Å². The Kier molecular flexibility index (Phi) is 6.08. The van der Waals surface area contributed by atoms with Gasteiger partial charge >= 0.3 is 5.97 Å². The lowest BCUT2D eigenvalue weighted by Gasteiger charge is -2.04. The minimum absolute atomic E-state index is 0.00716. The Morgan fingerprint density at radius 2 is 1.89 bits per heavy atom. The number of methoxy groups -OCH3 is 2. The van der Waals surface area contributed by atoms with Crippen molar-refractivity contribution in [3.8, 4) is 5.75 Å². The normalized spacial score (nSPS) is 11.6. The van der Waals surface area contributed by atoms with E-state index in [9.17, 15) is 9.59 Å². The number of thiazole rings is 1. The number of aromatic nitrogens is 1. The van der Waals surface area contributed by atoms with Gasteiger partial charge in [0.1, 0.15) is 12.3 Å². The SMILES string of the molecule is COC(=O)Cn1c(=NC(=O)Cc2ccc(OC)cc2)sc2cc(Br)ccc21. The van der Waals surface area contributed by atoms with Crippen LogP contribution in [-0.2, 0) is 27.3 Å². The van der Waals surface area contributed by atoms with Crippen molar-refractivity contribution in [1.82, 2.24) is 4.57 Å². The summed E-state index contributed by atoms with van der Waals surface area (Å²) in [5, 5.41) is 0. The number of fused-ring (bicyclic) bond motifs is 1. The lowest BCUT2D eigenvalue weighted by atomic mass is 10.1. The van der Waals surface area contributed by atoms with Crippen molar-refractivity contribution in [1.29, 1.82) is 0 Å². The minimum Gasteiger partial charge on any atom is -0.497 e. The summed E-state index contributed by atoms with van der Waals surface area (Å²) < 4.78 is 13.4.